The van der Waals surface area contributed by atoms with Crippen molar-refractivity contribution in [2.24, 2.45) is 19.2 Å². The summed E-state index contributed by atoms with van der Waals surface area (Å²) in [5.41, 5.74) is 3.69. The van der Waals surface area contributed by atoms with Crippen molar-refractivity contribution in [1.82, 2.24) is 29.8 Å². The van der Waals surface area contributed by atoms with Gasteiger partial charge in [0, 0.05) is 66.5 Å². The monoisotopic (exact) mass is 665 g/mol. The van der Waals surface area contributed by atoms with Crippen molar-refractivity contribution in [2.45, 2.75) is 44.7 Å². The minimum absolute atomic E-state index is 0.417. The van der Waals surface area contributed by atoms with Crippen molar-refractivity contribution in [3.05, 3.63) is 39.2 Å². The number of piperidine rings is 2. The van der Waals surface area contributed by atoms with Crippen LogP contribution in [0.2, 0.25) is 0 Å². The molecule has 5 aromatic rings. The third-order valence-electron chi connectivity index (χ3n) is 9.22. The Morgan fingerprint density at radius 3 is 1.82 bits per heavy atom. The summed E-state index contributed by atoms with van der Waals surface area (Å²) in [6, 6.07) is 6.42. The number of nitrogens with zero attached hydrogens (tertiary/aromatic N) is 9. The average molecular weight is 666 g/mol. The molecule has 1 atom stereocenters. The lowest BCUT2D eigenvalue weighted by molar-refractivity contribution is -0.622. The second kappa shape index (κ2) is 13.9. The third kappa shape index (κ3) is 6.42. The van der Waals surface area contributed by atoms with Gasteiger partial charge in [-0.25, -0.2) is 4.90 Å². The first-order valence-electron chi connectivity index (χ1n) is 16.4. The molecule has 9 heterocycles. The fourth-order valence-corrected chi connectivity index (χ4v) is 9.73. The fourth-order valence-electron chi connectivity index (χ4n) is 6.88. The molecule has 0 amide bonds. The number of thiophene rings is 3. The summed E-state index contributed by atoms with van der Waals surface area (Å²) >= 11 is 5.43. The second-order valence-electron chi connectivity index (χ2n) is 12.3. The zero-order valence-electron chi connectivity index (χ0n) is 26.7. The van der Waals surface area contributed by atoms with Crippen molar-refractivity contribution in [2.75, 3.05) is 69.2 Å². The van der Waals surface area contributed by atoms with Gasteiger partial charge in [-0.05, 0) is 71.6 Å². The van der Waals surface area contributed by atoms with E-state index >= 15 is 0 Å². The third-order valence-corrected chi connectivity index (χ3v) is 12.0. The number of hydrogen-bond donors (Lipinski definition) is 1. The first-order valence-corrected chi connectivity index (χ1v) is 19.0. The lowest BCUT2D eigenvalue weighted by Gasteiger charge is -2.27. The van der Waals surface area contributed by atoms with Crippen molar-refractivity contribution in [3.8, 4) is 0 Å². The van der Waals surface area contributed by atoms with Crippen LogP contribution in [0, 0.1) is 0 Å². The maximum Gasteiger partial charge on any atom is 0.272 e. The zero-order chi connectivity index (χ0) is 30.8. The number of aryl methyl sites for hydroxylation is 2. The summed E-state index contributed by atoms with van der Waals surface area (Å²) in [5.74, 6) is 2.35. The Morgan fingerprint density at radius 2 is 1.22 bits per heavy atom. The molecule has 240 valence electrons. The van der Waals surface area contributed by atoms with Gasteiger partial charge in [-0.3, -0.25) is 9.36 Å². The molecular formula is C32H45N10S3+. The van der Waals surface area contributed by atoms with E-state index in [9.17, 15) is 0 Å². The number of piperazine rings is 1. The van der Waals surface area contributed by atoms with E-state index in [1.54, 1.807) is 22.7 Å². The molecule has 5 aromatic heterocycles. The SMILES string of the molecule is C[N+]1=Nc2ccsc2C1N1CCCCC1.Cn1nc(N2CCCCC2)c2sccc21.Cn1nc(N2CCNCC2)c2sccc21. The van der Waals surface area contributed by atoms with E-state index in [1.165, 1.54) is 102 Å². The van der Waals surface area contributed by atoms with Crippen LogP contribution in [-0.4, -0.2) is 88.6 Å². The highest BCUT2D eigenvalue weighted by Crippen LogP contribution is 2.41. The van der Waals surface area contributed by atoms with Gasteiger partial charge in [0.05, 0.1) is 20.4 Å². The topological polar surface area (TPSA) is 72.8 Å². The number of rotatable bonds is 3. The van der Waals surface area contributed by atoms with Gasteiger partial charge in [-0.2, -0.15) is 10.2 Å². The molecule has 4 aliphatic heterocycles. The quantitative estimate of drug-likeness (QED) is 0.218. The smallest absolute Gasteiger partial charge is 0.272 e. The summed E-state index contributed by atoms with van der Waals surface area (Å²) < 4.78 is 8.75. The highest BCUT2D eigenvalue weighted by atomic mass is 32.1. The standard InChI is InChI=1S/C11H15N3S.C11H16N3S.C10H14N4S/c1-13-9-5-8-15-10(9)11(12-13)14-6-3-2-4-7-14;1-13-11(14-6-3-2-4-7-14)10-9(12-13)5-8-15-10;1-13-8-2-7-15-9(8)10(12-13)14-5-3-11-4-6-14/h5,8H,2-4,6-7H2,1H3;5,8,11H,2-4,6-7H2,1H3;2,7,11H,3-6H2,1H3/q;+1;. The number of likely N-dealkylation sites (tertiary alicyclic amines) is 1. The molecule has 1 N–H and O–H groups in total. The van der Waals surface area contributed by atoms with E-state index in [2.05, 4.69) is 81.4 Å². The van der Waals surface area contributed by atoms with Gasteiger partial charge in [0.15, 0.2) is 24.4 Å². The molecule has 13 heteroatoms. The molecule has 45 heavy (non-hydrogen) atoms. The van der Waals surface area contributed by atoms with Gasteiger partial charge in [-0.15, -0.1) is 38.7 Å². The predicted molar refractivity (Wildman–Crippen MR) is 189 cm³/mol. The Labute approximate surface area is 277 Å². The first kappa shape index (κ1) is 30.8. The highest BCUT2D eigenvalue weighted by molar-refractivity contribution is 7.18. The molecule has 4 aliphatic rings. The van der Waals surface area contributed by atoms with E-state index in [4.69, 9.17) is 0 Å². The van der Waals surface area contributed by atoms with E-state index in [-0.39, 0.29) is 0 Å². The van der Waals surface area contributed by atoms with Gasteiger partial charge in [0.1, 0.15) is 4.88 Å². The normalized spacial score (nSPS) is 20.5. The van der Waals surface area contributed by atoms with Gasteiger partial charge >= 0.3 is 0 Å². The van der Waals surface area contributed by atoms with Crippen LogP contribution in [0.15, 0.2) is 39.5 Å². The number of fused-ring (bicyclic) bond motifs is 3. The zero-order valence-corrected chi connectivity index (χ0v) is 29.1. The largest absolute Gasteiger partial charge is 0.354 e. The molecule has 3 fully saturated rings. The van der Waals surface area contributed by atoms with Gasteiger partial charge in [0.25, 0.3) is 6.17 Å². The molecule has 10 nitrogen and oxygen atoms in total. The summed E-state index contributed by atoms with van der Waals surface area (Å²) in [7, 11) is 6.13. The van der Waals surface area contributed by atoms with E-state index in [0.29, 0.717) is 6.17 Å². The number of azo groups is 2. The molecule has 3 saturated heterocycles. The molecule has 0 radical (unpaired) electrons. The molecule has 0 spiro atoms. The van der Waals surface area contributed by atoms with Crippen LogP contribution in [0.3, 0.4) is 0 Å². The fraction of sp³-hybridized carbons (Fsp3) is 0.562. The number of anilines is 2. The van der Waals surface area contributed by atoms with Crippen LogP contribution >= 0.6 is 34.0 Å². The average Bonchev–Trinajstić information content (AvgIpc) is 3.92. The maximum absolute atomic E-state index is 4.63. The molecule has 1 unspecified atom stereocenters. The molecule has 0 saturated carbocycles. The molecular weight excluding hydrogens is 621 g/mol. The van der Waals surface area contributed by atoms with E-state index in [1.807, 2.05) is 34.8 Å². The van der Waals surface area contributed by atoms with Crippen LogP contribution in [0.1, 0.15) is 49.6 Å². The molecule has 0 aliphatic carbocycles. The van der Waals surface area contributed by atoms with Gasteiger partial charge in [0.2, 0.25) is 0 Å². The number of nitrogens with one attached hydrogen (secondary N) is 1. The summed E-state index contributed by atoms with van der Waals surface area (Å²) in [6.07, 6.45) is 8.47. The lowest BCUT2D eigenvalue weighted by Crippen LogP contribution is -2.43. The molecule has 0 bridgehead atoms. The first-order chi connectivity index (χ1) is 22.1. The second-order valence-corrected chi connectivity index (χ2v) is 15.0. The van der Waals surface area contributed by atoms with E-state index in [0.717, 1.165) is 32.0 Å². The Bertz CT molecular complexity index is 1630. The Kier molecular flexibility index (Phi) is 9.50. The Morgan fingerprint density at radius 1 is 0.689 bits per heavy atom. The maximum atomic E-state index is 4.63. The van der Waals surface area contributed by atoms with Gasteiger partial charge in [-0.1, -0.05) is 6.42 Å². The van der Waals surface area contributed by atoms with Crippen molar-refractivity contribution < 1.29 is 4.70 Å². The van der Waals surface area contributed by atoms with Crippen LogP contribution < -0.4 is 15.1 Å². The number of aromatic nitrogens is 4. The summed E-state index contributed by atoms with van der Waals surface area (Å²) in [5, 5.41) is 23.6. The summed E-state index contributed by atoms with van der Waals surface area (Å²) in [4.78, 5) is 8.80. The summed E-state index contributed by atoms with van der Waals surface area (Å²) in [6.45, 7) is 9.03. The van der Waals surface area contributed by atoms with Crippen LogP contribution in [0.4, 0.5) is 17.3 Å². The van der Waals surface area contributed by atoms with Crippen molar-refractivity contribution in [3.63, 3.8) is 0 Å². The van der Waals surface area contributed by atoms with E-state index < -0.39 is 0 Å². The lowest BCUT2D eigenvalue weighted by atomic mass is 10.1. The number of hydrogen-bond acceptors (Lipinski definition) is 10. The minimum atomic E-state index is 0.417. The molecule has 0 aromatic carbocycles. The van der Waals surface area contributed by atoms with Crippen LogP contribution in [0.25, 0.3) is 20.4 Å². The Balaban J connectivity index is 0.000000108. The van der Waals surface area contributed by atoms with Crippen molar-refractivity contribution >= 4 is 71.8 Å². The van der Waals surface area contributed by atoms with Crippen LogP contribution in [0.5, 0.6) is 0 Å². The minimum Gasteiger partial charge on any atom is -0.354 e. The van der Waals surface area contributed by atoms with Crippen molar-refractivity contribution in [1.29, 1.82) is 0 Å². The van der Waals surface area contributed by atoms with Crippen LogP contribution in [-0.2, 0) is 14.1 Å². The molecule has 9 rings (SSSR count). The highest BCUT2D eigenvalue weighted by Gasteiger charge is 2.38. The van der Waals surface area contributed by atoms with Gasteiger partial charge < -0.3 is 15.1 Å². The predicted octanol–water partition coefficient (Wildman–Crippen LogP) is 6.64. The Hall–Kier alpha value is -2.84.